The Kier molecular flexibility index (Phi) is 6.08. The second-order valence-electron chi connectivity index (χ2n) is 4.54. The van der Waals surface area contributed by atoms with E-state index < -0.39 is 0 Å². The number of halogens is 2. The van der Waals surface area contributed by atoms with Crippen LogP contribution in [0.4, 0.5) is 0 Å². The summed E-state index contributed by atoms with van der Waals surface area (Å²) in [5.41, 5.74) is 2.41. The Hall–Kier alpha value is -1.04. The van der Waals surface area contributed by atoms with Crippen LogP contribution in [0.15, 0.2) is 45.3 Å². The quantitative estimate of drug-likeness (QED) is 0.753. The van der Waals surface area contributed by atoms with Crippen LogP contribution in [0.25, 0.3) is 0 Å². The van der Waals surface area contributed by atoms with Gasteiger partial charge < -0.3 is 14.8 Å². The minimum atomic E-state index is 0.785. The summed E-state index contributed by atoms with van der Waals surface area (Å²) in [7, 11) is 3.33. The smallest absolute Gasteiger partial charge is 0.147 e. The molecule has 21 heavy (non-hydrogen) atoms. The summed E-state index contributed by atoms with van der Waals surface area (Å²) in [5, 5.41) is 3.42. The maximum atomic E-state index is 5.30. The molecule has 0 aliphatic rings. The first-order chi connectivity index (χ1) is 10.1. The highest BCUT2D eigenvalue weighted by Gasteiger charge is 2.07. The van der Waals surface area contributed by atoms with Crippen molar-refractivity contribution in [1.82, 2.24) is 5.32 Å². The second-order valence-corrected chi connectivity index (χ2v) is 6.25. The van der Waals surface area contributed by atoms with E-state index in [1.807, 2.05) is 12.1 Å². The van der Waals surface area contributed by atoms with E-state index in [0.717, 1.165) is 33.5 Å². The van der Waals surface area contributed by atoms with Gasteiger partial charge in [0.2, 0.25) is 0 Å². The van der Waals surface area contributed by atoms with Crippen LogP contribution < -0.4 is 14.8 Å². The van der Waals surface area contributed by atoms with Crippen molar-refractivity contribution in [3.05, 3.63) is 56.5 Å². The molecule has 0 saturated heterocycles. The molecule has 1 N–H and O–H groups in total. The van der Waals surface area contributed by atoms with Gasteiger partial charge in [0, 0.05) is 13.1 Å². The number of hydrogen-bond acceptors (Lipinski definition) is 3. The second kappa shape index (κ2) is 7.82. The fourth-order valence-corrected chi connectivity index (χ4v) is 3.61. The summed E-state index contributed by atoms with van der Waals surface area (Å²) in [5.74, 6) is 1.69. The Morgan fingerprint density at radius 2 is 1.43 bits per heavy atom. The Bertz CT molecular complexity index is 577. The monoisotopic (exact) mass is 413 g/mol. The summed E-state index contributed by atoms with van der Waals surface area (Å²) >= 11 is 7.03. The Morgan fingerprint density at radius 3 is 1.95 bits per heavy atom. The minimum absolute atomic E-state index is 0.785. The van der Waals surface area contributed by atoms with E-state index in [0.29, 0.717) is 0 Å². The van der Waals surface area contributed by atoms with Crippen molar-refractivity contribution in [3.8, 4) is 11.5 Å². The molecule has 2 aromatic rings. The fraction of sp³-hybridized carbons (Fsp3) is 0.250. The van der Waals surface area contributed by atoms with Gasteiger partial charge in [-0.1, -0.05) is 12.1 Å². The van der Waals surface area contributed by atoms with Crippen molar-refractivity contribution >= 4 is 31.9 Å². The Labute approximate surface area is 141 Å². The molecule has 0 atom stereocenters. The molecule has 3 nitrogen and oxygen atoms in total. The molecule has 0 radical (unpaired) electrons. The third kappa shape index (κ3) is 4.46. The summed E-state index contributed by atoms with van der Waals surface area (Å²) in [6.07, 6.45) is 0. The van der Waals surface area contributed by atoms with Gasteiger partial charge in [-0.15, -0.1) is 0 Å². The molecule has 0 saturated carbocycles. The van der Waals surface area contributed by atoms with E-state index in [2.05, 4.69) is 61.4 Å². The van der Waals surface area contributed by atoms with Gasteiger partial charge in [0.15, 0.2) is 0 Å². The maximum Gasteiger partial charge on any atom is 0.147 e. The Balaban J connectivity index is 1.93. The maximum absolute atomic E-state index is 5.30. The molecule has 0 unspecified atom stereocenters. The molecular weight excluding hydrogens is 398 g/mol. The highest BCUT2D eigenvalue weighted by Crippen LogP contribution is 2.34. The van der Waals surface area contributed by atoms with Crippen molar-refractivity contribution in [2.45, 2.75) is 13.1 Å². The number of hydrogen-bond donors (Lipinski definition) is 1. The van der Waals surface area contributed by atoms with Gasteiger partial charge in [0.25, 0.3) is 0 Å². The summed E-state index contributed by atoms with van der Waals surface area (Å²) in [6, 6.07) is 12.2. The third-order valence-corrected chi connectivity index (χ3v) is 4.26. The molecule has 112 valence electrons. The van der Waals surface area contributed by atoms with Crippen molar-refractivity contribution in [3.63, 3.8) is 0 Å². The lowest BCUT2D eigenvalue weighted by Crippen LogP contribution is -2.12. The standard InChI is InChI=1S/C16H17Br2NO2/c1-20-13-5-3-11(4-6-13)9-19-10-12-7-14(17)16(21-2)15(18)8-12/h3-8,19H,9-10H2,1-2H3. The number of rotatable bonds is 6. The summed E-state index contributed by atoms with van der Waals surface area (Å²) in [6.45, 7) is 1.60. The van der Waals surface area contributed by atoms with Gasteiger partial charge >= 0.3 is 0 Å². The zero-order chi connectivity index (χ0) is 15.2. The van der Waals surface area contributed by atoms with E-state index in [4.69, 9.17) is 9.47 Å². The van der Waals surface area contributed by atoms with E-state index in [9.17, 15) is 0 Å². The van der Waals surface area contributed by atoms with Gasteiger partial charge in [-0.3, -0.25) is 0 Å². The summed E-state index contributed by atoms with van der Waals surface area (Å²) < 4.78 is 12.3. The van der Waals surface area contributed by atoms with E-state index in [1.165, 1.54) is 11.1 Å². The lowest BCUT2D eigenvalue weighted by atomic mass is 10.2. The molecule has 2 rings (SSSR count). The average Bonchev–Trinajstić information content (AvgIpc) is 2.48. The van der Waals surface area contributed by atoms with Gasteiger partial charge in [0.1, 0.15) is 11.5 Å². The van der Waals surface area contributed by atoms with Crippen LogP contribution in [0.5, 0.6) is 11.5 Å². The van der Waals surface area contributed by atoms with Crippen LogP contribution in [-0.2, 0) is 13.1 Å². The number of ether oxygens (including phenoxy) is 2. The van der Waals surface area contributed by atoms with Crippen LogP contribution in [0.3, 0.4) is 0 Å². The first-order valence-electron chi connectivity index (χ1n) is 6.49. The van der Waals surface area contributed by atoms with Crippen molar-refractivity contribution < 1.29 is 9.47 Å². The predicted octanol–water partition coefficient (Wildman–Crippen LogP) is 4.52. The van der Waals surface area contributed by atoms with Crippen LogP contribution in [0.2, 0.25) is 0 Å². The lowest BCUT2D eigenvalue weighted by Gasteiger charge is -2.10. The zero-order valence-corrected chi connectivity index (χ0v) is 15.1. The lowest BCUT2D eigenvalue weighted by molar-refractivity contribution is 0.409. The van der Waals surface area contributed by atoms with Gasteiger partial charge in [-0.25, -0.2) is 0 Å². The van der Waals surface area contributed by atoms with Crippen LogP contribution in [0, 0.1) is 0 Å². The zero-order valence-electron chi connectivity index (χ0n) is 12.0. The number of methoxy groups -OCH3 is 2. The molecule has 0 aliphatic heterocycles. The molecule has 0 fully saturated rings. The molecule has 2 aromatic carbocycles. The highest BCUT2D eigenvalue weighted by atomic mass is 79.9. The molecule has 0 aromatic heterocycles. The number of benzene rings is 2. The molecule has 0 amide bonds. The Morgan fingerprint density at radius 1 is 0.857 bits per heavy atom. The molecule has 0 aliphatic carbocycles. The van der Waals surface area contributed by atoms with Crippen molar-refractivity contribution in [2.24, 2.45) is 0 Å². The van der Waals surface area contributed by atoms with Crippen LogP contribution >= 0.6 is 31.9 Å². The normalized spacial score (nSPS) is 10.5. The predicted molar refractivity (Wildman–Crippen MR) is 91.9 cm³/mol. The molecule has 0 heterocycles. The van der Waals surface area contributed by atoms with Gasteiger partial charge in [0.05, 0.1) is 23.2 Å². The van der Waals surface area contributed by atoms with Gasteiger partial charge in [-0.2, -0.15) is 0 Å². The average molecular weight is 415 g/mol. The minimum Gasteiger partial charge on any atom is -0.497 e. The van der Waals surface area contributed by atoms with Crippen molar-refractivity contribution in [1.29, 1.82) is 0 Å². The first kappa shape index (κ1) is 16.3. The first-order valence-corrected chi connectivity index (χ1v) is 8.08. The van der Waals surface area contributed by atoms with Crippen LogP contribution in [0.1, 0.15) is 11.1 Å². The topological polar surface area (TPSA) is 30.5 Å². The third-order valence-electron chi connectivity index (χ3n) is 3.08. The molecular formula is C16H17Br2NO2. The SMILES string of the molecule is COc1ccc(CNCc2cc(Br)c(OC)c(Br)c2)cc1. The molecule has 5 heteroatoms. The largest absolute Gasteiger partial charge is 0.497 e. The van der Waals surface area contributed by atoms with E-state index in [1.54, 1.807) is 14.2 Å². The summed E-state index contributed by atoms with van der Waals surface area (Å²) in [4.78, 5) is 0. The molecule has 0 spiro atoms. The van der Waals surface area contributed by atoms with Gasteiger partial charge in [-0.05, 0) is 67.3 Å². The molecule has 0 bridgehead atoms. The van der Waals surface area contributed by atoms with E-state index in [-0.39, 0.29) is 0 Å². The highest BCUT2D eigenvalue weighted by molar-refractivity contribution is 9.11. The fourth-order valence-electron chi connectivity index (χ4n) is 2.00. The van der Waals surface area contributed by atoms with Crippen molar-refractivity contribution in [2.75, 3.05) is 14.2 Å². The number of nitrogens with one attached hydrogen (secondary N) is 1. The van der Waals surface area contributed by atoms with E-state index >= 15 is 0 Å². The van der Waals surface area contributed by atoms with Crippen LogP contribution in [-0.4, -0.2) is 14.2 Å².